The molecule has 20 heavy (non-hydrogen) atoms. The second-order valence-electron chi connectivity index (χ2n) is 4.37. The number of pyridine rings is 1. The summed E-state index contributed by atoms with van der Waals surface area (Å²) in [4.78, 5) is 28.9. The van der Waals surface area contributed by atoms with E-state index in [1.54, 1.807) is 37.6 Å². The highest BCUT2D eigenvalue weighted by atomic mass is 16.4. The molecular weight excluding hydrogens is 256 g/mol. The van der Waals surface area contributed by atoms with Crippen LogP contribution in [0.1, 0.15) is 26.3 Å². The Morgan fingerprint density at radius 2 is 1.85 bits per heavy atom. The van der Waals surface area contributed by atoms with Crippen LogP contribution in [0.3, 0.4) is 0 Å². The predicted molar refractivity (Wildman–Crippen MR) is 73.4 cm³/mol. The van der Waals surface area contributed by atoms with E-state index in [-0.39, 0.29) is 17.0 Å². The number of carbonyl (C=O) groups is 2. The number of carboxylic acid groups (broad SMARTS) is 1. The maximum atomic E-state index is 12.3. The van der Waals surface area contributed by atoms with Gasteiger partial charge in [-0.05, 0) is 23.8 Å². The topological polar surface area (TPSA) is 70.5 Å². The van der Waals surface area contributed by atoms with E-state index in [1.165, 1.54) is 17.0 Å². The number of aromatic carboxylic acids is 1. The molecule has 0 radical (unpaired) electrons. The summed E-state index contributed by atoms with van der Waals surface area (Å²) in [6.07, 6.45) is 3.33. The van der Waals surface area contributed by atoms with Gasteiger partial charge in [0.15, 0.2) is 0 Å². The Morgan fingerprint density at radius 1 is 1.15 bits per heavy atom. The molecule has 0 unspecified atom stereocenters. The molecule has 2 rings (SSSR count). The maximum Gasteiger partial charge on any atom is 0.336 e. The third-order valence-electron chi connectivity index (χ3n) is 2.88. The first kappa shape index (κ1) is 13.7. The molecule has 0 aliphatic heterocycles. The minimum absolute atomic E-state index is 0.00976. The average molecular weight is 270 g/mol. The van der Waals surface area contributed by atoms with Gasteiger partial charge < -0.3 is 10.0 Å². The number of aromatic nitrogens is 1. The summed E-state index contributed by atoms with van der Waals surface area (Å²) in [5.41, 5.74) is 1.08. The van der Waals surface area contributed by atoms with Crippen molar-refractivity contribution < 1.29 is 14.7 Å². The lowest BCUT2D eigenvalue weighted by atomic mass is 10.1. The normalized spacial score (nSPS) is 10.1. The van der Waals surface area contributed by atoms with Gasteiger partial charge in [0, 0.05) is 26.0 Å². The highest BCUT2D eigenvalue weighted by Gasteiger charge is 2.19. The molecule has 1 aromatic heterocycles. The Bertz CT molecular complexity index is 626. The van der Waals surface area contributed by atoms with Gasteiger partial charge in [-0.25, -0.2) is 4.79 Å². The fourth-order valence-electron chi connectivity index (χ4n) is 1.90. The van der Waals surface area contributed by atoms with Gasteiger partial charge in [0.2, 0.25) is 0 Å². The lowest BCUT2D eigenvalue weighted by Gasteiger charge is -2.18. The van der Waals surface area contributed by atoms with Crippen molar-refractivity contribution in [3.63, 3.8) is 0 Å². The average Bonchev–Trinajstić information content (AvgIpc) is 2.47. The molecule has 1 aromatic carbocycles. The zero-order valence-electron chi connectivity index (χ0n) is 11.0. The first-order valence-corrected chi connectivity index (χ1v) is 6.06. The van der Waals surface area contributed by atoms with Gasteiger partial charge in [0.25, 0.3) is 5.91 Å². The number of hydrogen-bond donors (Lipinski definition) is 1. The molecule has 0 aliphatic rings. The van der Waals surface area contributed by atoms with E-state index < -0.39 is 5.97 Å². The van der Waals surface area contributed by atoms with Crippen LogP contribution in [-0.4, -0.2) is 33.9 Å². The Balaban J connectivity index is 2.21. The van der Waals surface area contributed by atoms with Crippen molar-refractivity contribution in [2.75, 3.05) is 7.05 Å². The lowest BCUT2D eigenvalue weighted by Crippen LogP contribution is -2.27. The molecule has 2 aromatic rings. The second kappa shape index (κ2) is 5.97. The van der Waals surface area contributed by atoms with Gasteiger partial charge >= 0.3 is 5.97 Å². The Labute approximate surface area is 116 Å². The molecule has 5 nitrogen and oxygen atoms in total. The standard InChI is InChI=1S/C15H14N2O3/c1-17(10-11-5-4-8-16-9-11)14(18)12-6-2-3-7-13(12)15(19)20/h2-9H,10H2,1H3,(H,19,20). The molecular formula is C15H14N2O3. The molecule has 0 saturated heterocycles. The smallest absolute Gasteiger partial charge is 0.336 e. The highest BCUT2D eigenvalue weighted by molar-refractivity contribution is 6.04. The van der Waals surface area contributed by atoms with Crippen molar-refractivity contribution in [1.82, 2.24) is 9.88 Å². The number of nitrogens with zero attached hydrogens (tertiary/aromatic N) is 2. The number of benzene rings is 1. The van der Waals surface area contributed by atoms with Crippen molar-refractivity contribution in [1.29, 1.82) is 0 Å². The quantitative estimate of drug-likeness (QED) is 0.923. The van der Waals surface area contributed by atoms with Crippen LogP contribution in [0.5, 0.6) is 0 Å². The molecule has 0 fully saturated rings. The monoisotopic (exact) mass is 270 g/mol. The predicted octanol–water partition coefficient (Wildman–Crippen LogP) is 2.05. The lowest BCUT2D eigenvalue weighted by molar-refractivity contribution is 0.0680. The van der Waals surface area contributed by atoms with Crippen molar-refractivity contribution in [2.45, 2.75) is 6.54 Å². The molecule has 0 bridgehead atoms. The van der Waals surface area contributed by atoms with Gasteiger partial charge in [-0.2, -0.15) is 0 Å². The van der Waals surface area contributed by atoms with Gasteiger partial charge in [-0.3, -0.25) is 9.78 Å². The SMILES string of the molecule is CN(Cc1cccnc1)C(=O)c1ccccc1C(=O)O. The molecule has 5 heteroatoms. The van der Waals surface area contributed by atoms with E-state index in [2.05, 4.69) is 4.98 Å². The molecule has 1 heterocycles. The van der Waals surface area contributed by atoms with Crippen LogP contribution in [-0.2, 0) is 6.54 Å². The molecule has 1 N–H and O–H groups in total. The van der Waals surface area contributed by atoms with Crippen molar-refractivity contribution in [2.24, 2.45) is 0 Å². The summed E-state index contributed by atoms with van der Waals surface area (Å²) in [6.45, 7) is 0.376. The zero-order chi connectivity index (χ0) is 14.5. The summed E-state index contributed by atoms with van der Waals surface area (Å²) in [5.74, 6) is -1.43. The van der Waals surface area contributed by atoms with Crippen LogP contribution in [0.15, 0.2) is 48.8 Å². The molecule has 0 aliphatic carbocycles. The van der Waals surface area contributed by atoms with E-state index in [0.717, 1.165) is 5.56 Å². The van der Waals surface area contributed by atoms with Crippen LogP contribution in [0, 0.1) is 0 Å². The van der Waals surface area contributed by atoms with Gasteiger partial charge in [-0.1, -0.05) is 18.2 Å². The number of carboxylic acids is 1. The summed E-state index contributed by atoms with van der Waals surface area (Å²) in [7, 11) is 1.63. The molecule has 0 atom stereocenters. The van der Waals surface area contributed by atoms with Crippen molar-refractivity contribution in [3.8, 4) is 0 Å². The van der Waals surface area contributed by atoms with Gasteiger partial charge in [0.1, 0.15) is 0 Å². The minimum Gasteiger partial charge on any atom is -0.478 e. The molecule has 0 spiro atoms. The number of hydrogen-bond acceptors (Lipinski definition) is 3. The maximum absolute atomic E-state index is 12.3. The second-order valence-corrected chi connectivity index (χ2v) is 4.37. The van der Waals surface area contributed by atoms with Crippen molar-refractivity contribution in [3.05, 3.63) is 65.5 Å². The van der Waals surface area contributed by atoms with Crippen LogP contribution in [0.2, 0.25) is 0 Å². The van der Waals surface area contributed by atoms with E-state index in [0.29, 0.717) is 6.54 Å². The third-order valence-corrected chi connectivity index (χ3v) is 2.88. The van der Waals surface area contributed by atoms with Gasteiger partial charge in [0.05, 0.1) is 11.1 Å². The van der Waals surface area contributed by atoms with Crippen LogP contribution < -0.4 is 0 Å². The highest BCUT2D eigenvalue weighted by Crippen LogP contribution is 2.13. The van der Waals surface area contributed by atoms with E-state index >= 15 is 0 Å². The summed E-state index contributed by atoms with van der Waals surface area (Å²) < 4.78 is 0. The molecule has 102 valence electrons. The first-order chi connectivity index (χ1) is 9.59. The third kappa shape index (κ3) is 3.00. The zero-order valence-corrected chi connectivity index (χ0v) is 11.0. The van der Waals surface area contributed by atoms with Crippen molar-refractivity contribution >= 4 is 11.9 Å². The number of carbonyl (C=O) groups excluding carboxylic acids is 1. The van der Waals surface area contributed by atoms with Gasteiger partial charge in [-0.15, -0.1) is 0 Å². The fraction of sp³-hybridized carbons (Fsp3) is 0.133. The minimum atomic E-state index is -1.11. The number of amides is 1. The summed E-state index contributed by atoms with van der Waals surface area (Å²) in [5, 5.41) is 9.11. The number of rotatable bonds is 4. The Hall–Kier alpha value is -2.69. The first-order valence-electron chi connectivity index (χ1n) is 6.06. The van der Waals surface area contributed by atoms with E-state index in [4.69, 9.17) is 5.11 Å². The van der Waals surface area contributed by atoms with E-state index in [1.807, 2.05) is 6.07 Å². The summed E-state index contributed by atoms with van der Waals surface area (Å²) >= 11 is 0. The molecule has 0 saturated carbocycles. The fourth-order valence-corrected chi connectivity index (χ4v) is 1.90. The summed E-state index contributed by atoms with van der Waals surface area (Å²) in [6, 6.07) is 9.84. The van der Waals surface area contributed by atoms with E-state index in [9.17, 15) is 9.59 Å². The van der Waals surface area contributed by atoms with Crippen LogP contribution in [0.25, 0.3) is 0 Å². The van der Waals surface area contributed by atoms with Crippen LogP contribution in [0.4, 0.5) is 0 Å². The Kier molecular flexibility index (Phi) is 4.10. The largest absolute Gasteiger partial charge is 0.478 e. The van der Waals surface area contributed by atoms with Crippen LogP contribution >= 0.6 is 0 Å². The Morgan fingerprint density at radius 3 is 2.45 bits per heavy atom. The molecule has 1 amide bonds.